The zero-order valence-corrected chi connectivity index (χ0v) is 10.1. The Morgan fingerprint density at radius 3 is 2.80 bits per heavy atom. The largest absolute Gasteiger partial charge is 0.464 e. The molecule has 1 aromatic rings. The van der Waals surface area contributed by atoms with Crippen LogP contribution in [-0.2, 0) is 12.3 Å². The van der Waals surface area contributed by atoms with Crippen LogP contribution in [0.2, 0.25) is 0 Å². The van der Waals surface area contributed by atoms with Crippen molar-refractivity contribution in [3.63, 3.8) is 0 Å². The van der Waals surface area contributed by atoms with E-state index in [4.69, 9.17) is 4.42 Å². The van der Waals surface area contributed by atoms with Gasteiger partial charge in [0.1, 0.15) is 11.5 Å². The van der Waals surface area contributed by atoms with Gasteiger partial charge >= 0.3 is 0 Å². The molecule has 2 nitrogen and oxygen atoms in total. The zero-order valence-electron chi connectivity index (χ0n) is 9.24. The van der Waals surface area contributed by atoms with Gasteiger partial charge in [0.15, 0.2) is 0 Å². The maximum absolute atomic E-state index is 5.77. The van der Waals surface area contributed by atoms with Crippen LogP contribution in [0.5, 0.6) is 0 Å². The molecule has 0 atom stereocenters. The van der Waals surface area contributed by atoms with Crippen molar-refractivity contribution in [3.05, 3.63) is 29.4 Å². The molecule has 1 aliphatic rings. The van der Waals surface area contributed by atoms with E-state index >= 15 is 0 Å². The van der Waals surface area contributed by atoms with Crippen LogP contribution >= 0.6 is 11.8 Å². The maximum atomic E-state index is 5.77. The van der Waals surface area contributed by atoms with Gasteiger partial charge in [-0.1, -0.05) is 6.92 Å². The second-order valence-electron chi connectivity index (χ2n) is 3.90. The van der Waals surface area contributed by atoms with Crippen molar-refractivity contribution in [3.8, 4) is 0 Å². The van der Waals surface area contributed by atoms with E-state index in [1.165, 1.54) is 25.9 Å². The number of hydrogen-bond donors (Lipinski definition) is 0. The highest BCUT2D eigenvalue weighted by Gasteiger charge is 2.13. The minimum Gasteiger partial charge on any atom is -0.464 e. The predicted molar refractivity (Wildman–Crippen MR) is 64.5 cm³/mol. The van der Waals surface area contributed by atoms with Crippen molar-refractivity contribution < 1.29 is 4.42 Å². The first-order valence-electron chi connectivity index (χ1n) is 5.58. The first kappa shape index (κ1) is 11.1. The van der Waals surface area contributed by atoms with E-state index in [0.717, 1.165) is 23.8 Å². The fourth-order valence-electron chi connectivity index (χ4n) is 1.91. The van der Waals surface area contributed by atoms with Gasteiger partial charge in [-0.15, -0.1) is 11.8 Å². The fourth-order valence-corrected chi connectivity index (χ4v) is 2.40. The summed E-state index contributed by atoms with van der Waals surface area (Å²) in [5.41, 5.74) is 0. The highest BCUT2D eigenvalue weighted by atomic mass is 32.2. The molecule has 15 heavy (non-hydrogen) atoms. The van der Waals surface area contributed by atoms with Crippen molar-refractivity contribution in [2.45, 2.75) is 32.1 Å². The summed E-state index contributed by atoms with van der Waals surface area (Å²) in [6.45, 7) is 5.50. The van der Waals surface area contributed by atoms with Crippen LogP contribution in [0.15, 0.2) is 16.5 Å². The monoisotopic (exact) mass is 224 g/mol. The van der Waals surface area contributed by atoms with Gasteiger partial charge in [0, 0.05) is 5.75 Å². The second-order valence-corrected chi connectivity index (χ2v) is 4.99. The van der Waals surface area contributed by atoms with E-state index in [0.29, 0.717) is 0 Å². The van der Waals surface area contributed by atoms with E-state index in [9.17, 15) is 0 Å². The van der Waals surface area contributed by atoms with Crippen molar-refractivity contribution in [1.82, 2.24) is 4.90 Å². The van der Waals surface area contributed by atoms with Gasteiger partial charge in [0.25, 0.3) is 0 Å². The molecule has 0 aromatic carbocycles. The standard InChI is InChI=1S/C12H18NOS/c1-2-15-10-12-6-5-11(14-12)9-13-7-3-4-8-13/h2,5-6H,3-4,7-10H2,1H3. The van der Waals surface area contributed by atoms with E-state index < -0.39 is 0 Å². The molecule has 1 radical (unpaired) electrons. The summed E-state index contributed by atoms with van der Waals surface area (Å²) in [7, 11) is 0. The lowest BCUT2D eigenvalue weighted by molar-refractivity contribution is 0.294. The Kier molecular flexibility index (Phi) is 4.15. The topological polar surface area (TPSA) is 16.4 Å². The molecule has 0 bridgehead atoms. The predicted octanol–water partition coefficient (Wildman–Crippen LogP) is 3.29. The minimum absolute atomic E-state index is 0.955. The molecule has 0 unspecified atom stereocenters. The van der Waals surface area contributed by atoms with Crippen LogP contribution < -0.4 is 0 Å². The van der Waals surface area contributed by atoms with Crippen LogP contribution in [-0.4, -0.2) is 18.0 Å². The van der Waals surface area contributed by atoms with Gasteiger partial charge in [0.2, 0.25) is 0 Å². The Morgan fingerprint density at radius 2 is 2.07 bits per heavy atom. The van der Waals surface area contributed by atoms with Gasteiger partial charge in [-0.25, -0.2) is 0 Å². The van der Waals surface area contributed by atoms with Gasteiger partial charge < -0.3 is 4.42 Å². The van der Waals surface area contributed by atoms with E-state index in [1.54, 1.807) is 11.8 Å². The van der Waals surface area contributed by atoms with E-state index in [-0.39, 0.29) is 0 Å². The number of likely N-dealkylation sites (tertiary alicyclic amines) is 1. The Balaban J connectivity index is 1.83. The van der Waals surface area contributed by atoms with Gasteiger partial charge in [-0.3, -0.25) is 4.90 Å². The molecule has 0 aliphatic carbocycles. The van der Waals surface area contributed by atoms with Crippen LogP contribution in [0.25, 0.3) is 0 Å². The Morgan fingerprint density at radius 1 is 1.33 bits per heavy atom. The molecule has 0 amide bonds. The number of rotatable bonds is 5. The number of hydrogen-bond acceptors (Lipinski definition) is 3. The smallest absolute Gasteiger partial charge is 0.118 e. The molecule has 2 heterocycles. The van der Waals surface area contributed by atoms with Crippen LogP contribution in [0.3, 0.4) is 0 Å². The first-order valence-corrected chi connectivity index (χ1v) is 6.63. The summed E-state index contributed by atoms with van der Waals surface area (Å²) in [5, 5.41) is 0. The number of furan rings is 1. The molecule has 1 aliphatic heterocycles. The molecule has 1 saturated heterocycles. The molecular weight excluding hydrogens is 206 g/mol. The Labute approximate surface area is 96.0 Å². The highest BCUT2D eigenvalue weighted by Crippen LogP contribution is 2.19. The second kappa shape index (κ2) is 5.61. The molecule has 2 rings (SSSR count). The molecule has 0 N–H and O–H groups in total. The van der Waals surface area contributed by atoms with Gasteiger partial charge in [-0.05, 0) is 38.1 Å². The fraction of sp³-hybridized carbons (Fsp3) is 0.583. The number of thioether (sulfide) groups is 1. The normalized spacial score (nSPS) is 17.4. The average Bonchev–Trinajstić information content (AvgIpc) is 2.87. The molecule has 1 aromatic heterocycles. The molecule has 3 heteroatoms. The Bertz CT molecular complexity index is 292. The third-order valence-corrected chi connectivity index (χ3v) is 3.47. The molecule has 83 valence electrons. The Hall–Kier alpha value is -0.410. The summed E-state index contributed by atoms with van der Waals surface area (Å²) in [6, 6.07) is 4.21. The van der Waals surface area contributed by atoms with Crippen molar-refractivity contribution in [2.24, 2.45) is 0 Å². The van der Waals surface area contributed by atoms with Gasteiger partial charge in [0.05, 0.1) is 12.3 Å². The first-order chi connectivity index (χ1) is 7.38. The minimum atomic E-state index is 0.955. The molecular formula is C12H18NOS. The summed E-state index contributed by atoms with van der Waals surface area (Å²) in [6.07, 6.45) is 2.68. The molecule has 0 saturated carbocycles. The maximum Gasteiger partial charge on any atom is 0.118 e. The SMILES string of the molecule is C[CH]SCc1ccc(CN2CCCC2)o1. The van der Waals surface area contributed by atoms with Crippen LogP contribution in [0.1, 0.15) is 31.3 Å². The van der Waals surface area contributed by atoms with Crippen molar-refractivity contribution in [1.29, 1.82) is 0 Å². The van der Waals surface area contributed by atoms with E-state index in [2.05, 4.69) is 29.7 Å². The summed E-state index contributed by atoms with van der Waals surface area (Å²) in [4.78, 5) is 2.46. The lowest BCUT2D eigenvalue weighted by Gasteiger charge is -2.11. The van der Waals surface area contributed by atoms with Gasteiger partial charge in [-0.2, -0.15) is 0 Å². The van der Waals surface area contributed by atoms with E-state index in [1.807, 2.05) is 0 Å². The average molecular weight is 224 g/mol. The third-order valence-electron chi connectivity index (χ3n) is 2.69. The summed E-state index contributed by atoms with van der Waals surface area (Å²) in [5.74, 6) is 5.26. The van der Waals surface area contributed by atoms with Crippen molar-refractivity contribution >= 4 is 11.8 Å². The summed E-state index contributed by atoms with van der Waals surface area (Å²) >= 11 is 1.78. The molecule has 1 fully saturated rings. The number of nitrogens with zero attached hydrogens (tertiary/aromatic N) is 1. The summed E-state index contributed by atoms with van der Waals surface area (Å²) < 4.78 is 5.77. The van der Waals surface area contributed by atoms with Crippen molar-refractivity contribution in [2.75, 3.05) is 13.1 Å². The molecule has 0 spiro atoms. The lowest BCUT2D eigenvalue weighted by atomic mass is 10.4. The highest BCUT2D eigenvalue weighted by molar-refractivity contribution is 8.00. The third kappa shape index (κ3) is 3.28. The zero-order chi connectivity index (χ0) is 10.5. The van der Waals surface area contributed by atoms with Crippen LogP contribution in [0, 0.1) is 5.75 Å². The van der Waals surface area contributed by atoms with Crippen LogP contribution in [0.4, 0.5) is 0 Å². The quantitative estimate of drug-likeness (QED) is 0.763. The lowest BCUT2D eigenvalue weighted by Crippen LogP contribution is -2.17.